The Balaban J connectivity index is 0.00000101. The van der Waals surface area contributed by atoms with Crippen LogP contribution >= 0.6 is 0 Å². The Morgan fingerprint density at radius 1 is 1.17 bits per heavy atom. The van der Waals surface area contributed by atoms with E-state index in [0.717, 1.165) is 24.2 Å². The summed E-state index contributed by atoms with van der Waals surface area (Å²) in [5, 5.41) is 22.7. The summed E-state index contributed by atoms with van der Waals surface area (Å²) in [6, 6.07) is 14.7. The molecule has 0 bridgehead atoms. The Kier molecular flexibility index (Phi) is 8.56. The number of carboxylic acids is 1. The van der Waals surface area contributed by atoms with Gasteiger partial charge in [-0.1, -0.05) is 56.7 Å². The first-order valence-electron chi connectivity index (χ1n) is 9.90. The Morgan fingerprint density at radius 2 is 1.87 bits per heavy atom. The minimum absolute atomic E-state index is 0.217. The van der Waals surface area contributed by atoms with E-state index < -0.39 is 17.6 Å². The molecule has 0 atom stereocenters. The van der Waals surface area contributed by atoms with Gasteiger partial charge in [-0.25, -0.2) is 4.79 Å². The monoisotopic (exact) mass is 405 g/mol. The maximum atomic E-state index is 12.4. The van der Waals surface area contributed by atoms with E-state index in [0.29, 0.717) is 5.69 Å². The van der Waals surface area contributed by atoms with Gasteiger partial charge < -0.3 is 15.7 Å². The molecule has 0 aliphatic carbocycles. The van der Waals surface area contributed by atoms with Gasteiger partial charge in [-0.05, 0) is 47.9 Å². The van der Waals surface area contributed by atoms with Crippen LogP contribution in [-0.4, -0.2) is 29.2 Å². The summed E-state index contributed by atoms with van der Waals surface area (Å²) in [5.74, 6) is -2.10. The molecule has 4 N–H and O–H groups in total. The molecule has 0 saturated heterocycles. The molecule has 0 aromatic heterocycles. The van der Waals surface area contributed by atoms with Gasteiger partial charge in [-0.2, -0.15) is 0 Å². The lowest BCUT2D eigenvalue weighted by Gasteiger charge is -2.07. The van der Waals surface area contributed by atoms with E-state index in [4.69, 9.17) is 10.5 Å². The van der Waals surface area contributed by atoms with Crippen molar-refractivity contribution in [1.82, 2.24) is 0 Å². The topological polar surface area (TPSA) is 102 Å². The Morgan fingerprint density at radius 3 is 2.53 bits per heavy atom. The van der Waals surface area contributed by atoms with Gasteiger partial charge in [0.2, 0.25) is 0 Å². The van der Waals surface area contributed by atoms with Crippen LogP contribution < -0.4 is 10.6 Å². The zero-order valence-corrected chi connectivity index (χ0v) is 17.2. The molecule has 1 aliphatic heterocycles. The highest BCUT2D eigenvalue weighted by Crippen LogP contribution is 2.23. The molecule has 0 unspecified atom stereocenters. The molecule has 1 aliphatic rings. The number of allylic oxidation sites excluding steroid dienone is 2. The third-order valence-corrected chi connectivity index (χ3v) is 4.15. The van der Waals surface area contributed by atoms with Crippen molar-refractivity contribution in [2.24, 2.45) is 0 Å². The summed E-state index contributed by atoms with van der Waals surface area (Å²) in [7, 11) is 0. The lowest BCUT2D eigenvalue weighted by atomic mass is 10.1. The molecule has 3 rings (SSSR count). The molecule has 1 heterocycles. The van der Waals surface area contributed by atoms with Crippen molar-refractivity contribution in [3.8, 4) is 0 Å². The molecule has 0 saturated carbocycles. The van der Waals surface area contributed by atoms with Gasteiger partial charge >= 0.3 is 5.97 Å². The minimum Gasteiger partial charge on any atom is -0.477 e. The van der Waals surface area contributed by atoms with Crippen LogP contribution in [0.15, 0.2) is 66.3 Å². The number of carboxylic acid groups (broad SMARTS) is 1. The molecule has 6 nitrogen and oxygen atoms in total. The first-order chi connectivity index (χ1) is 14.5. The zero-order valence-electron chi connectivity index (χ0n) is 17.2. The summed E-state index contributed by atoms with van der Waals surface area (Å²) in [6.07, 6.45) is 6.92. The molecule has 0 fully saturated rings. The van der Waals surface area contributed by atoms with Gasteiger partial charge in [0.1, 0.15) is 0 Å². The van der Waals surface area contributed by atoms with E-state index in [1.165, 1.54) is 18.1 Å². The molecule has 156 valence electrons. The number of aliphatic carboxylic acids is 1. The van der Waals surface area contributed by atoms with Crippen molar-refractivity contribution in [2.75, 3.05) is 17.2 Å². The fraction of sp³-hybridized carbons (Fsp3) is 0.208. The lowest BCUT2D eigenvalue weighted by Crippen LogP contribution is -2.25. The molecule has 6 heteroatoms. The number of rotatable bonds is 6. The highest BCUT2D eigenvalue weighted by Gasteiger charge is 2.20. The predicted octanol–water partition coefficient (Wildman–Crippen LogP) is 4.75. The maximum Gasteiger partial charge on any atom is 0.354 e. The number of fused-ring (bicyclic) bond motifs is 1. The van der Waals surface area contributed by atoms with E-state index >= 15 is 0 Å². The van der Waals surface area contributed by atoms with Crippen LogP contribution in [0.25, 0.3) is 6.08 Å². The van der Waals surface area contributed by atoms with Gasteiger partial charge in [0.25, 0.3) is 5.91 Å². The highest BCUT2D eigenvalue weighted by atomic mass is 16.4. The molecule has 1 amide bonds. The van der Waals surface area contributed by atoms with Crippen LogP contribution in [0.5, 0.6) is 0 Å². The first-order valence-corrected chi connectivity index (χ1v) is 9.90. The SMILES string of the molecule is CCC.N=C(C(=O)O)/C(=C/C=C/c1ccc2c(c1)CCN2)C(=O)Nc1ccccc1. The highest BCUT2D eigenvalue weighted by molar-refractivity contribution is 6.48. The van der Waals surface area contributed by atoms with E-state index in [-0.39, 0.29) is 5.57 Å². The molecular weight excluding hydrogens is 378 g/mol. The van der Waals surface area contributed by atoms with Gasteiger partial charge in [0.15, 0.2) is 5.71 Å². The Labute approximate surface area is 176 Å². The smallest absolute Gasteiger partial charge is 0.354 e. The Hall–Kier alpha value is -3.67. The van der Waals surface area contributed by atoms with Gasteiger partial charge in [0.05, 0.1) is 5.57 Å². The molecule has 2 aromatic rings. The third kappa shape index (κ3) is 6.44. The zero-order chi connectivity index (χ0) is 21.9. The second-order valence-corrected chi connectivity index (χ2v) is 6.74. The number of nitrogens with one attached hydrogen (secondary N) is 3. The van der Waals surface area contributed by atoms with Crippen LogP contribution in [0.3, 0.4) is 0 Å². The number of anilines is 2. The predicted molar refractivity (Wildman–Crippen MR) is 122 cm³/mol. The van der Waals surface area contributed by atoms with E-state index in [1.807, 2.05) is 18.2 Å². The van der Waals surface area contributed by atoms with Gasteiger partial charge in [0, 0.05) is 17.9 Å². The van der Waals surface area contributed by atoms with Crippen molar-refractivity contribution < 1.29 is 14.7 Å². The van der Waals surface area contributed by atoms with Crippen molar-refractivity contribution >= 4 is 35.0 Å². The van der Waals surface area contributed by atoms with Crippen LogP contribution in [0.4, 0.5) is 11.4 Å². The molecule has 0 spiro atoms. The van der Waals surface area contributed by atoms with Crippen LogP contribution in [0, 0.1) is 5.41 Å². The summed E-state index contributed by atoms with van der Waals surface area (Å²) in [6.45, 7) is 5.17. The number of amides is 1. The quantitative estimate of drug-likeness (QED) is 0.316. The van der Waals surface area contributed by atoms with E-state index in [2.05, 4.69) is 24.5 Å². The van der Waals surface area contributed by atoms with Crippen molar-refractivity contribution in [3.05, 3.63) is 77.4 Å². The fourth-order valence-electron chi connectivity index (χ4n) is 2.79. The summed E-state index contributed by atoms with van der Waals surface area (Å²) >= 11 is 0. The van der Waals surface area contributed by atoms with Crippen LogP contribution in [0.1, 0.15) is 31.4 Å². The normalized spacial score (nSPS) is 12.4. The number of carbonyl (C=O) groups excluding carboxylic acids is 1. The Bertz CT molecular complexity index is 963. The minimum atomic E-state index is -1.46. The second-order valence-electron chi connectivity index (χ2n) is 6.74. The largest absolute Gasteiger partial charge is 0.477 e. The first kappa shape index (κ1) is 22.6. The average molecular weight is 405 g/mol. The van der Waals surface area contributed by atoms with Crippen LogP contribution in [-0.2, 0) is 16.0 Å². The van der Waals surface area contributed by atoms with Gasteiger partial charge in [-0.3, -0.25) is 10.2 Å². The molecular formula is C24H27N3O3. The number of hydrogen-bond acceptors (Lipinski definition) is 4. The number of carbonyl (C=O) groups is 2. The molecule has 2 aromatic carbocycles. The third-order valence-electron chi connectivity index (χ3n) is 4.15. The van der Waals surface area contributed by atoms with E-state index in [9.17, 15) is 9.59 Å². The summed E-state index contributed by atoms with van der Waals surface area (Å²) in [4.78, 5) is 23.6. The summed E-state index contributed by atoms with van der Waals surface area (Å²) in [5.41, 5.74) is 2.84. The van der Waals surface area contributed by atoms with Crippen molar-refractivity contribution in [3.63, 3.8) is 0 Å². The van der Waals surface area contributed by atoms with Crippen molar-refractivity contribution in [2.45, 2.75) is 26.7 Å². The number of benzene rings is 2. The number of hydrogen-bond donors (Lipinski definition) is 4. The summed E-state index contributed by atoms with van der Waals surface area (Å²) < 4.78 is 0. The molecule has 0 radical (unpaired) electrons. The van der Waals surface area contributed by atoms with Crippen LogP contribution in [0.2, 0.25) is 0 Å². The average Bonchev–Trinajstić information content (AvgIpc) is 3.20. The van der Waals surface area contributed by atoms with E-state index in [1.54, 1.807) is 42.5 Å². The van der Waals surface area contributed by atoms with Gasteiger partial charge in [-0.15, -0.1) is 0 Å². The molecule has 30 heavy (non-hydrogen) atoms. The second kappa shape index (κ2) is 11.4. The van der Waals surface area contributed by atoms with Crippen molar-refractivity contribution in [1.29, 1.82) is 5.41 Å². The maximum absolute atomic E-state index is 12.4. The lowest BCUT2D eigenvalue weighted by molar-refractivity contribution is -0.129. The fourth-order valence-corrected chi connectivity index (χ4v) is 2.79. The standard InChI is InChI=1S/C21H19N3O3.C3H8/c22-19(21(26)27)17(20(25)24-16-6-2-1-3-7-16)8-4-5-14-9-10-18-15(13-14)11-12-23-18;1-3-2/h1-10,13,22-23H,11-12H2,(H,24,25)(H,26,27);3H2,1-2H3/b5-4+,17-8-,22-19?;. The number of para-hydroxylation sites is 1.